The second-order valence-corrected chi connectivity index (χ2v) is 7.27. The predicted octanol–water partition coefficient (Wildman–Crippen LogP) is 3.46. The molecule has 0 fully saturated rings. The second-order valence-electron chi connectivity index (χ2n) is 7.27. The van der Waals surface area contributed by atoms with E-state index in [0.717, 1.165) is 35.5 Å². The van der Waals surface area contributed by atoms with E-state index in [1.54, 1.807) is 24.2 Å². The highest BCUT2D eigenvalue weighted by molar-refractivity contribution is 5.92. The number of amides is 1. The molecule has 7 nitrogen and oxygen atoms in total. The molecule has 4 rings (SSSR count). The number of aryl methyl sites for hydroxylation is 1. The smallest absolute Gasteiger partial charge is 0.292 e. The van der Waals surface area contributed by atoms with Gasteiger partial charge in [-0.3, -0.25) is 9.48 Å². The van der Waals surface area contributed by atoms with Crippen LogP contribution in [0, 0.1) is 6.92 Å². The van der Waals surface area contributed by atoms with Crippen molar-refractivity contribution in [3.8, 4) is 17.0 Å². The molecule has 1 amide bonds. The van der Waals surface area contributed by atoms with Crippen molar-refractivity contribution in [2.75, 3.05) is 7.05 Å². The first-order valence-electron chi connectivity index (χ1n) is 9.49. The minimum atomic E-state index is -0.204. The maximum atomic E-state index is 12.8. The lowest BCUT2D eigenvalue weighted by atomic mass is 10.1. The van der Waals surface area contributed by atoms with Gasteiger partial charge >= 0.3 is 0 Å². The number of aromatic nitrogens is 3. The lowest BCUT2D eigenvalue weighted by Crippen LogP contribution is -2.25. The summed E-state index contributed by atoms with van der Waals surface area (Å²) in [6, 6.07) is 7.76. The Morgan fingerprint density at radius 3 is 2.93 bits per heavy atom. The monoisotopic (exact) mass is 380 g/mol. The van der Waals surface area contributed by atoms with Crippen LogP contribution in [0.1, 0.15) is 41.2 Å². The first-order valence-corrected chi connectivity index (χ1v) is 9.49. The molecule has 146 valence electrons. The quantitative estimate of drug-likeness (QED) is 0.678. The molecule has 1 atom stereocenters. The third-order valence-electron chi connectivity index (χ3n) is 5.13. The fourth-order valence-corrected chi connectivity index (χ4v) is 3.63. The molecule has 2 aromatic heterocycles. The van der Waals surface area contributed by atoms with Crippen LogP contribution < -0.4 is 4.74 Å². The van der Waals surface area contributed by atoms with Crippen molar-refractivity contribution in [1.82, 2.24) is 19.8 Å². The SMILES string of the molecule is CCn1ncc(-c2cc(C(=O)N(C)Cc3ccc4c(c3)C[C@@H](C)O4)on2)c1C. The normalized spacial score (nSPS) is 15.4. The number of fused-ring (bicyclic) bond motifs is 1. The summed E-state index contributed by atoms with van der Waals surface area (Å²) in [5.74, 6) is 0.955. The highest BCUT2D eigenvalue weighted by Gasteiger charge is 2.22. The van der Waals surface area contributed by atoms with Crippen molar-refractivity contribution in [3.05, 3.63) is 53.0 Å². The first kappa shape index (κ1) is 18.3. The maximum Gasteiger partial charge on any atom is 0.292 e. The van der Waals surface area contributed by atoms with Crippen molar-refractivity contribution < 1.29 is 14.1 Å². The third kappa shape index (κ3) is 3.28. The van der Waals surface area contributed by atoms with Gasteiger partial charge in [0, 0.05) is 43.9 Å². The highest BCUT2D eigenvalue weighted by atomic mass is 16.5. The summed E-state index contributed by atoms with van der Waals surface area (Å²) in [4.78, 5) is 14.4. The van der Waals surface area contributed by atoms with Crippen LogP contribution in [0.5, 0.6) is 5.75 Å². The van der Waals surface area contributed by atoms with E-state index in [1.165, 1.54) is 5.56 Å². The van der Waals surface area contributed by atoms with Gasteiger partial charge in [0.25, 0.3) is 5.91 Å². The predicted molar refractivity (Wildman–Crippen MR) is 104 cm³/mol. The standard InChI is InChI=1S/C21H24N4O3/c1-5-25-14(3)17(11-22-25)18-10-20(28-23-18)21(26)24(4)12-15-6-7-19-16(9-15)8-13(2)27-19/h6-7,9-11,13H,5,8,12H2,1-4H3/t13-/m1/s1. The molecule has 0 saturated heterocycles. The molecule has 0 spiro atoms. The minimum absolute atomic E-state index is 0.204. The third-order valence-corrected chi connectivity index (χ3v) is 5.13. The van der Waals surface area contributed by atoms with Crippen molar-refractivity contribution in [1.29, 1.82) is 0 Å². The molecule has 28 heavy (non-hydrogen) atoms. The van der Waals surface area contributed by atoms with Crippen LogP contribution in [0.4, 0.5) is 0 Å². The summed E-state index contributed by atoms with van der Waals surface area (Å²) < 4.78 is 12.9. The van der Waals surface area contributed by atoms with Crippen molar-refractivity contribution in [2.24, 2.45) is 0 Å². The molecule has 3 heterocycles. The molecular formula is C21H24N4O3. The van der Waals surface area contributed by atoms with Gasteiger partial charge in [-0.05, 0) is 38.0 Å². The topological polar surface area (TPSA) is 73.4 Å². The van der Waals surface area contributed by atoms with E-state index < -0.39 is 0 Å². The van der Waals surface area contributed by atoms with E-state index in [1.807, 2.05) is 30.7 Å². The van der Waals surface area contributed by atoms with Gasteiger partial charge in [0.05, 0.1) is 6.20 Å². The Labute approximate surface area is 163 Å². The summed E-state index contributed by atoms with van der Waals surface area (Å²) in [5, 5.41) is 8.39. The first-order chi connectivity index (χ1) is 13.5. The molecule has 1 aliphatic heterocycles. The average molecular weight is 380 g/mol. The number of carbonyl (C=O) groups is 1. The molecule has 0 radical (unpaired) electrons. The van der Waals surface area contributed by atoms with Gasteiger partial charge in [-0.1, -0.05) is 17.3 Å². The molecule has 3 aromatic rings. The van der Waals surface area contributed by atoms with Crippen molar-refractivity contribution in [2.45, 2.75) is 46.4 Å². The van der Waals surface area contributed by atoms with Gasteiger partial charge in [0.2, 0.25) is 5.76 Å². The zero-order chi connectivity index (χ0) is 19.8. The minimum Gasteiger partial charge on any atom is -0.490 e. The Morgan fingerprint density at radius 2 is 2.18 bits per heavy atom. The number of rotatable bonds is 5. The fourth-order valence-electron chi connectivity index (χ4n) is 3.63. The Morgan fingerprint density at radius 1 is 1.36 bits per heavy atom. The van der Waals surface area contributed by atoms with Crippen LogP contribution in [-0.4, -0.2) is 38.9 Å². The van der Waals surface area contributed by atoms with Crippen molar-refractivity contribution in [3.63, 3.8) is 0 Å². The summed E-state index contributed by atoms with van der Waals surface area (Å²) in [5.41, 5.74) is 4.75. The summed E-state index contributed by atoms with van der Waals surface area (Å²) in [7, 11) is 1.76. The van der Waals surface area contributed by atoms with Gasteiger partial charge in [0.15, 0.2) is 0 Å². The van der Waals surface area contributed by atoms with Gasteiger partial charge in [0.1, 0.15) is 17.5 Å². The Balaban J connectivity index is 1.48. The molecule has 1 aliphatic rings. The van der Waals surface area contributed by atoms with E-state index in [0.29, 0.717) is 12.2 Å². The van der Waals surface area contributed by atoms with Crippen LogP contribution in [0.2, 0.25) is 0 Å². The molecule has 0 unspecified atom stereocenters. The van der Waals surface area contributed by atoms with Crippen LogP contribution in [0.25, 0.3) is 11.3 Å². The van der Waals surface area contributed by atoms with Gasteiger partial charge in [-0.15, -0.1) is 0 Å². The van der Waals surface area contributed by atoms with E-state index in [9.17, 15) is 4.79 Å². The number of carbonyl (C=O) groups excluding carboxylic acids is 1. The molecule has 7 heteroatoms. The zero-order valence-electron chi connectivity index (χ0n) is 16.6. The lowest BCUT2D eigenvalue weighted by molar-refractivity contribution is 0.0743. The fraction of sp³-hybridized carbons (Fsp3) is 0.381. The molecule has 0 saturated carbocycles. The van der Waals surface area contributed by atoms with Crippen LogP contribution in [0.15, 0.2) is 35.0 Å². The summed E-state index contributed by atoms with van der Waals surface area (Å²) in [6.07, 6.45) is 2.86. The molecule has 0 N–H and O–H groups in total. The van der Waals surface area contributed by atoms with Gasteiger partial charge in [-0.25, -0.2) is 0 Å². The zero-order valence-corrected chi connectivity index (χ0v) is 16.6. The molecule has 0 aliphatic carbocycles. The summed E-state index contributed by atoms with van der Waals surface area (Å²) >= 11 is 0. The maximum absolute atomic E-state index is 12.8. The number of ether oxygens (including phenoxy) is 1. The van der Waals surface area contributed by atoms with Gasteiger partial charge in [-0.2, -0.15) is 5.10 Å². The number of nitrogens with zero attached hydrogens (tertiary/aromatic N) is 4. The Bertz CT molecular complexity index is 1020. The van der Waals surface area contributed by atoms with Gasteiger partial charge < -0.3 is 14.2 Å². The number of benzene rings is 1. The van der Waals surface area contributed by atoms with E-state index in [-0.39, 0.29) is 17.8 Å². The number of hydrogen-bond acceptors (Lipinski definition) is 5. The van der Waals surface area contributed by atoms with E-state index in [2.05, 4.69) is 23.2 Å². The van der Waals surface area contributed by atoms with E-state index >= 15 is 0 Å². The second kappa shape index (κ2) is 7.14. The van der Waals surface area contributed by atoms with Crippen LogP contribution >= 0.6 is 0 Å². The summed E-state index contributed by atoms with van der Waals surface area (Å²) in [6.45, 7) is 7.34. The van der Waals surface area contributed by atoms with Crippen LogP contribution in [-0.2, 0) is 19.5 Å². The Hall–Kier alpha value is -3.09. The Kier molecular flexibility index (Phi) is 4.66. The number of hydrogen-bond donors (Lipinski definition) is 0. The average Bonchev–Trinajstić information content (AvgIpc) is 3.37. The highest BCUT2D eigenvalue weighted by Crippen LogP contribution is 2.30. The molecule has 1 aromatic carbocycles. The molecule has 0 bridgehead atoms. The molecular weight excluding hydrogens is 356 g/mol. The van der Waals surface area contributed by atoms with Crippen molar-refractivity contribution >= 4 is 5.91 Å². The van der Waals surface area contributed by atoms with E-state index in [4.69, 9.17) is 9.26 Å². The van der Waals surface area contributed by atoms with Crippen LogP contribution in [0.3, 0.4) is 0 Å². The lowest BCUT2D eigenvalue weighted by Gasteiger charge is -2.15. The largest absolute Gasteiger partial charge is 0.490 e.